The molecule has 154 valence electrons. The van der Waals surface area contributed by atoms with Gasteiger partial charge in [-0.25, -0.2) is 0 Å². The molecule has 0 saturated carbocycles. The summed E-state index contributed by atoms with van der Waals surface area (Å²) in [6, 6.07) is -0.118. The zero-order valence-electron chi connectivity index (χ0n) is 17.3. The monoisotopic (exact) mass is 388 g/mol. The zero-order valence-corrected chi connectivity index (χ0v) is 17.3. The minimum Gasteiger partial charge on any atom is -0.376 e. The number of aromatic amines is 1. The van der Waals surface area contributed by atoms with E-state index in [1.54, 1.807) is 0 Å². The van der Waals surface area contributed by atoms with Gasteiger partial charge < -0.3 is 14.5 Å². The van der Waals surface area contributed by atoms with Crippen LogP contribution in [0.15, 0.2) is 0 Å². The molecule has 2 saturated heterocycles. The molecule has 28 heavy (non-hydrogen) atoms. The highest BCUT2D eigenvalue weighted by atomic mass is 16.5. The molecule has 0 bridgehead atoms. The van der Waals surface area contributed by atoms with Gasteiger partial charge in [0.15, 0.2) is 5.69 Å². The van der Waals surface area contributed by atoms with Crippen LogP contribution in [-0.2, 0) is 22.6 Å². The van der Waals surface area contributed by atoms with E-state index in [9.17, 15) is 9.59 Å². The third-order valence-corrected chi connectivity index (χ3v) is 6.80. The van der Waals surface area contributed by atoms with Crippen LogP contribution in [0.5, 0.6) is 0 Å². The molecule has 0 aromatic carbocycles. The van der Waals surface area contributed by atoms with Crippen LogP contribution in [0.3, 0.4) is 0 Å². The summed E-state index contributed by atoms with van der Waals surface area (Å²) in [5.41, 5.74) is 1.92. The molecular weight excluding hydrogens is 356 g/mol. The molecule has 2 amide bonds. The molecule has 3 aliphatic rings. The van der Waals surface area contributed by atoms with Gasteiger partial charge in [-0.15, -0.1) is 0 Å². The van der Waals surface area contributed by atoms with Gasteiger partial charge >= 0.3 is 0 Å². The molecule has 1 aromatic heterocycles. The molecule has 1 N–H and O–H groups in total. The Morgan fingerprint density at radius 1 is 1.32 bits per heavy atom. The second-order valence-electron chi connectivity index (χ2n) is 9.01. The summed E-state index contributed by atoms with van der Waals surface area (Å²) >= 11 is 0. The predicted molar refractivity (Wildman–Crippen MR) is 105 cm³/mol. The first kappa shape index (κ1) is 19.4. The second kappa shape index (κ2) is 7.50. The number of hydrogen-bond donors (Lipinski definition) is 1. The maximum absolute atomic E-state index is 13.5. The number of ether oxygens (including phenoxy) is 1. The summed E-state index contributed by atoms with van der Waals surface area (Å²) in [5, 5.41) is 7.34. The first-order chi connectivity index (χ1) is 13.4. The molecule has 0 aliphatic carbocycles. The number of fused-ring (bicyclic) bond motifs is 1. The van der Waals surface area contributed by atoms with Gasteiger partial charge in [-0.1, -0.05) is 13.8 Å². The Hall–Kier alpha value is -1.89. The number of hydrogen-bond acceptors (Lipinski definition) is 4. The van der Waals surface area contributed by atoms with Crippen molar-refractivity contribution in [2.75, 3.05) is 26.2 Å². The van der Waals surface area contributed by atoms with Gasteiger partial charge in [-0.2, -0.15) is 5.10 Å². The zero-order chi connectivity index (χ0) is 19.9. The predicted octanol–water partition coefficient (Wildman–Crippen LogP) is 2.37. The van der Waals surface area contributed by atoms with Crippen molar-refractivity contribution in [2.24, 2.45) is 11.3 Å². The molecule has 7 heteroatoms. The van der Waals surface area contributed by atoms with Gasteiger partial charge in [0.25, 0.3) is 5.91 Å². The van der Waals surface area contributed by atoms with E-state index in [0.717, 1.165) is 56.5 Å². The lowest BCUT2D eigenvalue weighted by molar-refractivity contribution is -0.154. The van der Waals surface area contributed by atoms with Crippen LogP contribution >= 0.6 is 0 Å². The Kier molecular flexibility index (Phi) is 5.21. The number of nitrogens with zero attached hydrogens (tertiary/aromatic N) is 3. The van der Waals surface area contributed by atoms with E-state index in [2.05, 4.69) is 31.0 Å². The molecule has 4 heterocycles. The van der Waals surface area contributed by atoms with Crippen LogP contribution < -0.4 is 0 Å². The van der Waals surface area contributed by atoms with E-state index in [4.69, 9.17) is 4.74 Å². The third kappa shape index (κ3) is 3.13. The van der Waals surface area contributed by atoms with Crippen LogP contribution in [0.25, 0.3) is 0 Å². The largest absolute Gasteiger partial charge is 0.376 e. The van der Waals surface area contributed by atoms with Gasteiger partial charge in [-0.05, 0) is 38.5 Å². The summed E-state index contributed by atoms with van der Waals surface area (Å²) < 4.78 is 5.55. The average molecular weight is 389 g/mol. The Morgan fingerprint density at radius 3 is 2.82 bits per heavy atom. The topological polar surface area (TPSA) is 78.5 Å². The highest BCUT2D eigenvalue weighted by Gasteiger charge is 2.52. The Balaban J connectivity index is 1.59. The van der Waals surface area contributed by atoms with Gasteiger partial charge in [0.05, 0.1) is 18.6 Å². The first-order valence-corrected chi connectivity index (χ1v) is 10.7. The number of rotatable bonds is 3. The molecule has 0 unspecified atom stereocenters. The van der Waals surface area contributed by atoms with Crippen molar-refractivity contribution >= 4 is 11.8 Å². The van der Waals surface area contributed by atoms with Gasteiger partial charge in [-0.3, -0.25) is 14.7 Å². The van der Waals surface area contributed by atoms with Crippen molar-refractivity contribution in [3.8, 4) is 0 Å². The molecule has 2 atom stereocenters. The minimum absolute atomic E-state index is 0.0663. The summed E-state index contributed by atoms with van der Waals surface area (Å²) in [5.74, 6) is 0.625. The molecule has 4 rings (SSSR count). The van der Waals surface area contributed by atoms with Crippen LogP contribution in [0, 0.1) is 11.3 Å². The van der Waals surface area contributed by atoms with Gasteiger partial charge in [0.2, 0.25) is 5.91 Å². The molecule has 1 aromatic rings. The fourth-order valence-electron chi connectivity index (χ4n) is 5.31. The van der Waals surface area contributed by atoms with Crippen molar-refractivity contribution < 1.29 is 14.3 Å². The highest BCUT2D eigenvalue weighted by Crippen LogP contribution is 2.44. The lowest BCUT2D eigenvalue weighted by Crippen LogP contribution is -2.62. The fourth-order valence-corrected chi connectivity index (χ4v) is 5.31. The van der Waals surface area contributed by atoms with Crippen LogP contribution in [0.2, 0.25) is 0 Å². The Bertz CT molecular complexity index is 755. The van der Waals surface area contributed by atoms with Crippen molar-refractivity contribution in [3.63, 3.8) is 0 Å². The SMILES string of the molecule is CC(C)CN1CCC[C@@]2(CCCN(C(=O)c3n[nH]c4c3COCC4)[C@@H]2C)C1=O. The van der Waals surface area contributed by atoms with E-state index in [1.165, 1.54) is 0 Å². The number of carbonyl (C=O) groups excluding carboxylic acids is 2. The fraction of sp³-hybridized carbons (Fsp3) is 0.762. The average Bonchev–Trinajstić information content (AvgIpc) is 3.11. The summed E-state index contributed by atoms with van der Waals surface area (Å²) in [6.07, 6.45) is 4.37. The number of aromatic nitrogens is 2. The molecule has 7 nitrogen and oxygen atoms in total. The van der Waals surface area contributed by atoms with E-state index in [1.807, 2.05) is 9.80 Å². The van der Waals surface area contributed by atoms with Crippen LogP contribution in [0.4, 0.5) is 0 Å². The standard InChI is InChI=1S/C21H32N4O3/c1-14(2)12-24-9-4-7-21(20(24)27)8-5-10-25(15(21)3)19(26)18-16-13-28-11-6-17(16)22-23-18/h14-15H,4-13H2,1-3H3,(H,22,23)/t15-,21+/m1/s1. The van der Waals surface area contributed by atoms with E-state index in [-0.39, 0.29) is 17.9 Å². The van der Waals surface area contributed by atoms with E-state index >= 15 is 0 Å². The first-order valence-electron chi connectivity index (χ1n) is 10.7. The highest BCUT2D eigenvalue weighted by molar-refractivity contribution is 5.95. The van der Waals surface area contributed by atoms with Crippen LogP contribution in [0.1, 0.15) is 68.2 Å². The smallest absolute Gasteiger partial charge is 0.275 e. The third-order valence-electron chi connectivity index (χ3n) is 6.80. The Morgan fingerprint density at radius 2 is 2.07 bits per heavy atom. The maximum Gasteiger partial charge on any atom is 0.275 e. The molecule has 2 fully saturated rings. The molecule has 0 radical (unpaired) electrons. The summed E-state index contributed by atoms with van der Waals surface area (Å²) in [6.45, 7) is 9.77. The molecule has 3 aliphatic heterocycles. The minimum atomic E-state index is -0.450. The van der Waals surface area contributed by atoms with Crippen molar-refractivity contribution in [1.82, 2.24) is 20.0 Å². The summed E-state index contributed by atoms with van der Waals surface area (Å²) in [4.78, 5) is 30.8. The Labute approximate surface area is 166 Å². The maximum atomic E-state index is 13.5. The number of piperidine rings is 2. The quantitative estimate of drug-likeness (QED) is 0.862. The lowest BCUT2D eigenvalue weighted by Gasteiger charge is -2.51. The van der Waals surface area contributed by atoms with Gasteiger partial charge in [0, 0.05) is 43.4 Å². The van der Waals surface area contributed by atoms with Crippen molar-refractivity contribution in [3.05, 3.63) is 17.0 Å². The number of likely N-dealkylation sites (tertiary alicyclic amines) is 2. The lowest BCUT2D eigenvalue weighted by atomic mass is 9.67. The molecule has 1 spiro atoms. The van der Waals surface area contributed by atoms with E-state index in [0.29, 0.717) is 31.4 Å². The van der Waals surface area contributed by atoms with Crippen molar-refractivity contribution in [1.29, 1.82) is 0 Å². The number of nitrogens with one attached hydrogen (secondary N) is 1. The second-order valence-corrected chi connectivity index (χ2v) is 9.01. The van der Waals surface area contributed by atoms with Crippen LogP contribution in [-0.4, -0.2) is 64.1 Å². The normalized spacial score (nSPS) is 28.1. The summed E-state index contributed by atoms with van der Waals surface area (Å²) in [7, 11) is 0. The molecular formula is C21H32N4O3. The number of amides is 2. The van der Waals surface area contributed by atoms with Gasteiger partial charge in [0.1, 0.15) is 0 Å². The van der Waals surface area contributed by atoms with Crippen molar-refractivity contribution in [2.45, 2.75) is 65.5 Å². The number of carbonyl (C=O) groups is 2. The number of H-pyrrole nitrogens is 1. The van der Waals surface area contributed by atoms with E-state index < -0.39 is 5.41 Å².